The van der Waals surface area contributed by atoms with E-state index in [4.69, 9.17) is 32.9 Å². The molecule has 0 spiro atoms. The molecule has 0 aromatic carbocycles. The number of carbonyl (C=O) groups excluding carboxylic acids is 1. The molecule has 238 valence electrons. The number of aliphatic hydroxyl groups is 1. The monoisotopic (exact) mass is 601 g/mol. The molecule has 1 aliphatic heterocycles. The molecule has 11 heteroatoms. The van der Waals surface area contributed by atoms with Crippen molar-refractivity contribution in [3.63, 3.8) is 0 Å². The molecule has 0 bridgehead atoms. The first kappa shape index (κ1) is 32.9. The van der Waals surface area contributed by atoms with Crippen LogP contribution in [0.3, 0.4) is 0 Å². The number of ether oxygens (including phenoxy) is 3. The van der Waals surface area contributed by atoms with Gasteiger partial charge in [0.05, 0.1) is 43.3 Å². The van der Waals surface area contributed by atoms with Gasteiger partial charge in [0.2, 0.25) is 0 Å². The highest BCUT2D eigenvalue weighted by molar-refractivity contribution is 5.71. The second kappa shape index (κ2) is 12.2. The van der Waals surface area contributed by atoms with Crippen LogP contribution in [0.5, 0.6) is 0 Å². The van der Waals surface area contributed by atoms with Gasteiger partial charge in [0, 0.05) is 59.1 Å². The third-order valence-electron chi connectivity index (χ3n) is 8.56. The summed E-state index contributed by atoms with van der Waals surface area (Å²) in [5.74, 6) is 1.04. The fraction of sp³-hybridized carbons (Fsp3) is 0.688. The minimum atomic E-state index is -0.663. The third kappa shape index (κ3) is 7.56. The zero-order chi connectivity index (χ0) is 31.7. The second-order valence-corrected chi connectivity index (χ2v) is 14.4. The van der Waals surface area contributed by atoms with Crippen LogP contribution in [0.1, 0.15) is 103 Å². The van der Waals surface area contributed by atoms with Crippen LogP contribution < -0.4 is 0 Å². The average Bonchev–Trinajstić information content (AvgIpc) is 3.70. The molecule has 3 aromatic rings. The Bertz CT molecular complexity index is 1370. The zero-order valence-corrected chi connectivity index (χ0v) is 27.0. The molecule has 0 atom stereocenters. The van der Waals surface area contributed by atoms with Crippen molar-refractivity contribution in [2.24, 2.45) is 5.41 Å². The number of carbonyl (C=O) groups is 1. The van der Waals surface area contributed by atoms with Gasteiger partial charge in [-0.1, -0.05) is 70.9 Å². The van der Waals surface area contributed by atoms with Gasteiger partial charge in [-0.15, -0.1) is 0 Å². The van der Waals surface area contributed by atoms with E-state index in [2.05, 4.69) is 57.0 Å². The lowest BCUT2D eigenvalue weighted by molar-refractivity contribution is -0.214. The third-order valence-corrected chi connectivity index (χ3v) is 8.56. The van der Waals surface area contributed by atoms with Gasteiger partial charge in [0.15, 0.2) is 5.79 Å². The van der Waals surface area contributed by atoms with Crippen molar-refractivity contribution in [2.75, 3.05) is 26.4 Å². The maximum Gasteiger partial charge on any atom is 0.306 e. The Hall–Kier alpha value is -3.02. The zero-order valence-electron chi connectivity index (χ0n) is 27.0. The predicted octanol–water partition coefficient (Wildman–Crippen LogP) is 5.23. The predicted molar refractivity (Wildman–Crippen MR) is 156 cm³/mol. The van der Waals surface area contributed by atoms with Crippen molar-refractivity contribution in [3.8, 4) is 0 Å². The summed E-state index contributed by atoms with van der Waals surface area (Å²) in [6.07, 6.45) is 1.91. The van der Waals surface area contributed by atoms with Crippen LogP contribution in [-0.4, -0.2) is 58.8 Å². The number of aromatic nitrogens is 3. The molecule has 43 heavy (non-hydrogen) atoms. The fourth-order valence-corrected chi connectivity index (χ4v) is 5.40. The minimum absolute atomic E-state index is 0.0237. The van der Waals surface area contributed by atoms with E-state index in [1.54, 1.807) is 0 Å². The number of hydrogen-bond donors (Lipinski definition) is 1. The topological polar surface area (TPSA) is 143 Å². The molecule has 1 fully saturated rings. The van der Waals surface area contributed by atoms with Crippen molar-refractivity contribution < 1.29 is 37.7 Å². The highest BCUT2D eigenvalue weighted by atomic mass is 16.7. The first-order valence-corrected chi connectivity index (χ1v) is 14.9. The van der Waals surface area contributed by atoms with E-state index < -0.39 is 22.6 Å². The molecule has 11 nitrogen and oxygen atoms in total. The van der Waals surface area contributed by atoms with Crippen molar-refractivity contribution >= 4 is 5.97 Å². The smallest absolute Gasteiger partial charge is 0.306 e. The van der Waals surface area contributed by atoms with Crippen molar-refractivity contribution in [2.45, 2.75) is 110 Å². The van der Waals surface area contributed by atoms with Crippen LogP contribution in [0, 0.1) is 5.41 Å². The lowest BCUT2D eigenvalue weighted by Gasteiger charge is -2.38. The van der Waals surface area contributed by atoms with E-state index in [-0.39, 0.29) is 30.5 Å². The van der Waals surface area contributed by atoms with Gasteiger partial charge in [-0.2, -0.15) is 0 Å². The summed E-state index contributed by atoms with van der Waals surface area (Å²) in [4.78, 5) is 12.1. The number of nitrogens with zero attached hydrogens (tertiary/aromatic N) is 3. The van der Waals surface area contributed by atoms with Gasteiger partial charge in [-0.3, -0.25) is 4.79 Å². The summed E-state index contributed by atoms with van der Waals surface area (Å²) in [5.41, 5.74) is 0.722. The number of rotatable bonds is 14. The highest BCUT2D eigenvalue weighted by Gasteiger charge is 2.47. The number of aliphatic hydroxyl groups excluding tert-OH is 1. The average molecular weight is 602 g/mol. The summed E-state index contributed by atoms with van der Waals surface area (Å²) in [7, 11) is 0. The standard InChI is InChI=1S/C32H47N3O8/c1-28(2,18-22-15-26(43-34-22)30(5,6)20-27(37)38-11-10-36)24-14-21(33-41-24)17-29(3,4)25-16-23(35-42-25)19-31(7,8)32(9)39-12-13-40-32/h14-16,36H,10-13,17-20H2,1-9H3. The van der Waals surface area contributed by atoms with E-state index in [9.17, 15) is 4.79 Å². The molecule has 0 saturated carbocycles. The first-order chi connectivity index (χ1) is 20.0. The molecule has 1 saturated heterocycles. The van der Waals surface area contributed by atoms with E-state index in [0.717, 1.165) is 28.6 Å². The maximum absolute atomic E-state index is 12.1. The molecule has 1 N–H and O–H groups in total. The Morgan fingerprint density at radius 3 is 1.63 bits per heavy atom. The Kier molecular flexibility index (Phi) is 9.30. The van der Waals surface area contributed by atoms with Crippen LogP contribution in [-0.2, 0) is 54.5 Å². The summed E-state index contributed by atoms with van der Waals surface area (Å²) < 4.78 is 34.1. The van der Waals surface area contributed by atoms with Crippen LogP contribution in [0.25, 0.3) is 0 Å². The quantitative estimate of drug-likeness (QED) is 0.243. The minimum Gasteiger partial charge on any atom is -0.463 e. The lowest BCUT2D eigenvalue weighted by Crippen LogP contribution is -2.44. The van der Waals surface area contributed by atoms with Crippen LogP contribution in [0.15, 0.2) is 31.8 Å². The molecule has 0 radical (unpaired) electrons. The Balaban J connectivity index is 1.39. The van der Waals surface area contributed by atoms with Crippen molar-refractivity contribution in [1.29, 1.82) is 0 Å². The van der Waals surface area contributed by atoms with E-state index in [1.807, 2.05) is 39.0 Å². The fourth-order valence-electron chi connectivity index (χ4n) is 5.40. The van der Waals surface area contributed by atoms with Gasteiger partial charge in [0.1, 0.15) is 23.9 Å². The maximum atomic E-state index is 12.1. The lowest BCUT2D eigenvalue weighted by atomic mass is 9.79. The molecular weight excluding hydrogens is 554 g/mol. The Labute approximate surface area is 253 Å². The molecule has 0 amide bonds. The largest absolute Gasteiger partial charge is 0.463 e. The SMILES string of the molecule is CC(C)(CC(=O)OCCO)c1cc(CC(C)(C)c2cc(CC(C)(C)c3cc(CC(C)(C)C4(C)OCCO4)no3)no2)no1. The van der Waals surface area contributed by atoms with Crippen molar-refractivity contribution in [3.05, 3.63) is 52.6 Å². The molecule has 3 aromatic heterocycles. The molecule has 4 heterocycles. The molecule has 0 aliphatic carbocycles. The Morgan fingerprint density at radius 1 is 0.767 bits per heavy atom. The van der Waals surface area contributed by atoms with Gasteiger partial charge >= 0.3 is 5.97 Å². The number of hydrogen-bond acceptors (Lipinski definition) is 11. The number of esters is 1. The second-order valence-electron chi connectivity index (χ2n) is 14.4. The summed E-state index contributed by atoms with van der Waals surface area (Å²) in [5, 5.41) is 21.9. The summed E-state index contributed by atoms with van der Waals surface area (Å²) >= 11 is 0. The summed E-state index contributed by atoms with van der Waals surface area (Å²) in [6.45, 7) is 19.3. The van der Waals surface area contributed by atoms with Crippen LogP contribution >= 0.6 is 0 Å². The molecule has 4 rings (SSSR count). The van der Waals surface area contributed by atoms with Gasteiger partial charge in [0.25, 0.3) is 0 Å². The normalized spacial score (nSPS) is 16.1. The van der Waals surface area contributed by atoms with Gasteiger partial charge in [-0.05, 0) is 6.92 Å². The van der Waals surface area contributed by atoms with Gasteiger partial charge in [-0.25, -0.2) is 0 Å². The Morgan fingerprint density at radius 2 is 1.19 bits per heavy atom. The van der Waals surface area contributed by atoms with E-state index >= 15 is 0 Å². The van der Waals surface area contributed by atoms with Crippen molar-refractivity contribution in [1.82, 2.24) is 15.5 Å². The van der Waals surface area contributed by atoms with E-state index in [0.29, 0.717) is 38.2 Å². The molecule has 1 aliphatic rings. The first-order valence-electron chi connectivity index (χ1n) is 14.9. The molecular formula is C32H47N3O8. The highest BCUT2D eigenvalue weighted by Crippen LogP contribution is 2.41. The molecule has 0 unspecified atom stereocenters. The van der Waals surface area contributed by atoms with Crippen LogP contribution in [0.2, 0.25) is 0 Å². The summed E-state index contributed by atoms with van der Waals surface area (Å²) in [6, 6.07) is 5.87. The van der Waals surface area contributed by atoms with Gasteiger partial charge < -0.3 is 32.9 Å². The van der Waals surface area contributed by atoms with E-state index in [1.165, 1.54) is 0 Å². The van der Waals surface area contributed by atoms with Crippen LogP contribution in [0.4, 0.5) is 0 Å².